The van der Waals surface area contributed by atoms with Gasteiger partial charge in [-0.2, -0.15) is 4.98 Å². The van der Waals surface area contributed by atoms with Crippen molar-refractivity contribution in [1.29, 1.82) is 0 Å². The maximum Gasteiger partial charge on any atom is 0.258 e. The summed E-state index contributed by atoms with van der Waals surface area (Å²) in [6, 6.07) is 3.76. The van der Waals surface area contributed by atoms with Crippen molar-refractivity contribution in [3.63, 3.8) is 0 Å². The summed E-state index contributed by atoms with van der Waals surface area (Å²) in [7, 11) is 0. The quantitative estimate of drug-likeness (QED) is 0.767. The Bertz CT molecular complexity index is 922. The Balaban J connectivity index is 1.38. The van der Waals surface area contributed by atoms with E-state index >= 15 is 0 Å². The molecule has 1 amide bonds. The second kappa shape index (κ2) is 5.12. The molecule has 8 nitrogen and oxygen atoms in total. The SMILES string of the molecule is O=C(NCc1nnc2cc(-c3nc(C4CC4)no3)ccn12)C1CC1. The van der Waals surface area contributed by atoms with Gasteiger partial charge in [0.15, 0.2) is 17.3 Å². The predicted octanol–water partition coefficient (Wildman–Crippen LogP) is 1.68. The molecule has 0 aliphatic heterocycles. The van der Waals surface area contributed by atoms with Gasteiger partial charge in [0.2, 0.25) is 5.91 Å². The highest BCUT2D eigenvalue weighted by Crippen LogP contribution is 2.38. The molecule has 2 saturated carbocycles. The van der Waals surface area contributed by atoms with Crippen LogP contribution in [0.25, 0.3) is 17.1 Å². The van der Waals surface area contributed by atoms with Gasteiger partial charge in [0.25, 0.3) is 5.89 Å². The number of amides is 1. The fourth-order valence-corrected chi connectivity index (χ4v) is 2.71. The zero-order chi connectivity index (χ0) is 16.1. The molecule has 3 aromatic heterocycles. The molecule has 0 aromatic carbocycles. The molecule has 2 aliphatic carbocycles. The highest BCUT2D eigenvalue weighted by Gasteiger charge is 2.30. The molecule has 0 bridgehead atoms. The molecule has 0 unspecified atom stereocenters. The standard InChI is InChI=1S/C16H16N6O2/c23-15(10-3-4-10)17-8-13-20-19-12-7-11(5-6-22(12)13)16-18-14(21-24-16)9-1-2-9/h5-7,9-10H,1-4,8H2,(H,17,23). The number of carbonyl (C=O) groups is 1. The Hall–Kier alpha value is -2.77. The molecule has 0 radical (unpaired) electrons. The van der Waals surface area contributed by atoms with Crippen LogP contribution in [0.2, 0.25) is 0 Å². The average Bonchev–Trinajstić information content (AvgIpc) is 3.53. The minimum atomic E-state index is 0.0989. The molecule has 2 fully saturated rings. The lowest BCUT2D eigenvalue weighted by molar-refractivity contribution is -0.122. The first-order valence-corrected chi connectivity index (χ1v) is 8.23. The smallest absolute Gasteiger partial charge is 0.258 e. The van der Waals surface area contributed by atoms with Crippen LogP contribution >= 0.6 is 0 Å². The van der Waals surface area contributed by atoms with Crippen LogP contribution in [0.1, 0.15) is 43.3 Å². The highest BCUT2D eigenvalue weighted by molar-refractivity contribution is 5.80. The molecule has 8 heteroatoms. The zero-order valence-electron chi connectivity index (χ0n) is 13.0. The number of carbonyl (C=O) groups excluding carboxylic acids is 1. The summed E-state index contributed by atoms with van der Waals surface area (Å²) in [4.78, 5) is 16.2. The molecular formula is C16H16N6O2. The Morgan fingerprint density at radius 3 is 2.96 bits per heavy atom. The number of fused-ring (bicyclic) bond motifs is 1. The van der Waals surface area contributed by atoms with Crippen LogP contribution in [0.5, 0.6) is 0 Å². The molecule has 3 aromatic rings. The minimum Gasteiger partial charge on any atom is -0.349 e. The van der Waals surface area contributed by atoms with E-state index in [1.807, 2.05) is 22.7 Å². The number of nitrogens with zero attached hydrogens (tertiary/aromatic N) is 5. The summed E-state index contributed by atoms with van der Waals surface area (Å²) in [5.74, 6) is 2.74. The molecule has 24 heavy (non-hydrogen) atoms. The Kier molecular flexibility index (Phi) is 2.91. The number of hydrogen-bond donors (Lipinski definition) is 1. The molecule has 3 heterocycles. The largest absolute Gasteiger partial charge is 0.349 e. The van der Waals surface area contributed by atoms with Crippen molar-refractivity contribution in [1.82, 2.24) is 30.1 Å². The van der Waals surface area contributed by atoms with E-state index in [1.165, 1.54) is 0 Å². The first kappa shape index (κ1) is 13.6. The minimum absolute atomic E-state index is 0.0989. The van der Waals surface area contributed by atoms with Crippen LogP contribution in [-0.2, 0) is 11.3 Å². The second-order valence-electron chi connectivity index (χ2n) is 6.48. The molecule has 0 atom stereocenters. The molecule has 0 spiro atoms. The third-order valence-corrected chi connectivity index (χ3v) is 4.48. The lowest BCUT2D eigenvalue weighted by Crippen LogP contribution is -2.25. The van der Waals surface area contributed by atoms with E-state index in [2.05, 4.69) is 25.7 Å². The zero-order valence-corrected chi connectivity index (χ0v) is 13.0. The van der Waals surface area contributed by atoms with Crippen LogP contribution in [0.15, 0.2) is 22.9 Å². The van der Waals surface area contributed by atoms with Crippen LogP contribution < -0.4 is 5.32 Å². The molecular weight excluding hydrogens is 308 g/mol. The molecule has 0 saturated heterocycles. The van der Waals surface area contributed by atoms with Crippen LogP contribution in [0.4, 0.5) is 0 Å². The van der Waals surface area contributed by atoms with Crippen molar-refractivity contribution >= 4 is 11.6 Å². The van der Waals surface area contributed by atoms with Crippen LogP contribution in [0, 0.1) is 5.92 Å². The van der Waals surface area contributed by atoms with Gasteiger partial charge in [-0.05, 0) is 37.8 Å². The van der Waals surface area contributed by atoms with Gasteiger partial charge in [-0.25, -0.2) is 0 Å². The predicted molar refractivity (Wildman–Crippen MR) is 82.8 cm³/mol. The third-order valence-electron chi connectivity index (χ3n) is 4.48. The van der Waals surface area contributed by atoms with Crippen molar-refractivity contribution < 1.29 is 9.32 Å². The molecule has 2 aliphatic rings. The van der Waals surface area contributed by atoms with E-state index in [0.29, 0.717) is 29.8 Å². The van der Waals surface area contributed by atoms with Gasteiger partial charge < -0.3 is 9.84 Å². The first-order valence-electron chi connectivity index (χ1n) is 8.23. The van der Waals surface area contributed by atoms with E-state index in [9.17, 15) is 4.79 Å². The maximum absolute atomic E-state index is 11.7. The Morgan fingerprint density at radius 2 is 2.17 bits per heavy atom. The summed E-state index contributed by atoms with van der Waals surface area (Å²) < 4.78 is 7.20. The van der Waals surface area contributed by atoms with Crippen molar-refractivity contribution in [3.05, 3.63) is 30.0 Å². The Morgan fingerprint density at radius 1 is 1.29 bits per heavy atom. The van der Waals surface area contributed by atoms with Crippen molar-refractivity contribution in [2.45, 2.75) is 38.1 Å². The fraction of sp³-hybridized carbons (Fsp3) is 0.438. The van der Waals surface area contributed by atoms with E-state index in [1.54, 1.807) is 0 Å². The fourth-order valence-electron chi connectivity index (χ4n) is 2.71. The number of nitrogens with one attached hydrogen (secondary N) is 1. The molecule has 122 valence electrons. The number of hydrogen-bond acceptors (Lipinski definition) is 6. The van der Waals surface area contributed by atoms with E-state index < -0.39 is 0 Å². The van der Waals surface area contributed by atoms with Gasteiger partial charge in [-0.15, -0.1) is 10.2 Å². The summed E-state index contributed by atoms with van der Waals surface area (Å²) in [5.41, 5.74) is 1.51. The van der Waals surface area contributed by atoms with Gasteiger partial charge in [0.1, 0.15) is 0 Å². The summed E-state index contributed by atoms with van der Waals surface area (Å²) in [6.45, 7) is 0.377. The highest BCUT2D eigenvalue weighted by atomic mass is 16.5. The van der Waals surface area contributed by atoms with Crippen molar-refractivity contribution in [2.75, 3.05) is 0 Å². The monoisotopic (exact) mass is 324 g/mol. The van der Waals surface area contributed by atoms with Gasteiger partial charge >= 0.3 is 0 Å². The van der Waals surface area contributed by atoms with Crippen molar-refractivity contribution in [2.24, 2.45) is 5.92 Å². The molecule has 1 N–H and O–H groups in total. The maximum atomic E-state index is 11.7. The van der Waals surface area contributed by atoms with E-state index in [4.69, 9.17) is 4.52 Å². The second-order valence-corrected chi connectivity index (χ2v) is 6.48. The normalized spacial score (nSPS) is 17.3. The first-order chi connectivity index (χ1) is 11.8. The summed E-state index contributed by atoms with van der Waals surface area (Å²) >= 11 is 0. The number of rotatable bonds is 5. The lowest BCUT2D eigenvalue weighted by Gasteiger charge is -2.03. The van der Waals surface area contributed by atoms with Crippen LogP contribution in [0.3, 0.4) is 0 Å². The van der Waals surface area contributed by atoms with Crippen molar-refractivity contribution in [3.8, 4) is 11.5 Å². The third kappa shape index (κ3) is 2.44. The Labute approximate surface area is 137 Å². The van der Waals surface area contributed by atoms with Gasteiger partial charge in [0.05, 0.1) is 6.54 Å². The number of aromatic nitrogens is 5. The van der Waals surface area contributed by atoms with Gasteiger partial charge in [0, 0.05) is 23.6 Å². The lowest BCUT2D eigenvalue weighted by atomic mass is 10.2. The topological polar surface area (TPSA) is 98.2 Å². The van der Waals surface area contributed by atoms with Gasteiger partial charge in [-0.3, -0.25) is 9.20 Å². The van der Waals surface area contributed by atoms with E-state index in [-0.39, 0.29) is 11.8 Å². The summed E-state index contributed by atoms with van der Waals surface area (Å²) in [5, 5.41) is 15.3. The molecule has 5 rings (SSSR count). The van der Waals surface area contributed by atoms with Crippen LogP contribution in [-0.4, -0.2) is 30.6 Å². The average molecular weight is 324 g/mol. The summed E-state index contributed by atoms with van der Waals surface area (Å²) in [6.07, 6.45) is 6.12. The van der Waals surface area contributed by atoms with Gasteiger partial charge in [-0.1, -0.05) is 5.16 Å². The number of pyridine rings is 1. The van der Waals surface area contributed by atoms with E-state index in [0.717, 1.165) is 37.1 Å².